The molecule has 1 aromatic carbocycles. The zero-order chi connectivity index (χ0) is 13.4. The number of benzene rings is 1. The number of halogens is 1. The van der Waals surface area contributed by atoms with Crippen LogP contribution >= 0.6 is 23.4 Å². The van der Waals surface area contributed by atoms with Crippen LogP contribution in [0.4, 0.5) is 0 Å². The lowest BCUT2D eigenvalue weighted by Crippen LogP contribution is -2.13. The number of aliphatic hydroxyl groups is 1. The molecule has 0 heterocycles. The molecule has 0 saturated heterocycles. The van der Waals surface area contributed by atoms with E-state index >= 15 is 0 Å². The summed E-state index contributed by atoms with van der Waals surface area (Å²) in [6.45, 7) is 2.14. The molecule has 0 aliphatic rings. The molecule has 18 heavy (non-hydrogen) atoms. The van der Waals surface area contributed by atoms with Gasteiger partial charge in [0.25, 0.3) is 0 Å². The molecule has 0 aliphatic carbocycles. The maximum atomic E-state index is 10.1. The first-order chi connectivity index (χ1) is 8.69. The molecule has 0 bridgehead atoms. The van der Waals surface area contributed by atoms with E-state index in [2.05, 4.69) is 13.0 Å². The fourth-order valence-electron chi connectivity index (χ4n) is 1.55. The van der Waals surface area contributed by atoms with Crippen molar-refractivity contribution in [1.82, 2.24) is 0 Å². The fraction of sp³-hybridized carbons (Fsp3) is 0.500. The number of hydrogen-bond donors (Lipinski definition) is 1. The summed E-state index contributed by atoms with van der Waals surface area (Å²) in [5.41, 5.74) is 0.752. The number of rotatable bonds is 7. The first-order valence-electron chi connectivity index (χ1n) is 6.10. The van der Waals surface area contributed by atoms with Gasteiger partial charge in [-0.2, -0.15) is 17.0 Å². The minimum absolute atomic E-state index is 0.368. The second-order valence-electron chi connectivity index (χ2n) is 4.16. The van der Waals surface area contributed by atoms with Gasteiger partial charge in [0.1, 0.15) is 0 Å². The molecule has 2 atom stereocenters. The lowest BCUT2D eigenvalue weighted by atomic mass is 9.99. The summed E-state index contributed by atoms with van der Waals surface area (Å²) in [5.74, 6) is 1.34. The van der Waals surface area contributed by atoms with Crippen LogP contribution in [0.1, 0.15) is 31.4 Å². The first-order valence-corrected chi connectivity index (χ1v) is 7.63. The van der Waals surface area contributed by atoms with Crippen molar-refractivity contribution in [1.29, 1.82) is 5.26 Å². The number of thioether (sulfide) groups is 1. The molecule has 0 aliphatic heterocycles. The van der Waals surface area contributed by atoms with Crippen molar-refractivity contribution >= 4 is 23.4 Å². The van der Waals surface area contributed by atoms with Crippen LogP contribution in [0.2, 0.25) is 5.02 Å². The van der Waals surface area contributed by atoms with E-state index in [1.165, 1.54) is 0 Å². The Kier molecular flexibility index (Phi) is 7.19. The van der Waals surface area contributed by atoms with Gasteiger partial charge in [0.15, 0.2) is 0 Å². The number of nitriles is 1. The number of nitrogens with zero attached hydrogens (tertiary/aromatic N) is 1. The van der Waals surface area contributed by atoms with Crippen molar-refractivity contribution < 1.29 is 5.11 Å². The summed E-state index contributed by atoms with van der Waals surface area (Å²) < 4.78 is 0. The topological polar surface area (TPSA) is 44.0 Å². The molecule has 0 saturated carbocycles. The van der Waals surface area contributed by atoms with Gasteiger partial charge in [-0.15, -0.1) is 0 Å². The van der Waals surface area contributed by atoms with Gasteiger partial charge in [-0.1, -0.05) is 37.1 Å². The summed E-state index contributed by atoms with van der Waals surface area (Å²) in [5, 5.41) is 19.9. The monoisotopic (exact) mass is 283 g/mol. The van der Waals surface area contributed by atoms with Gasteiger partial charge in [0.2, 0.25) is 0 Å². The van der Waals surface area contributed by atoms with Gasteiger partial charge in [-0.05, 0) is 29.9 Å². The second kappa shape index (κ2) is 8.42. The highest BCUT2D eigenvalue weighted by atomic mass is 35.5. The van der Waals surface area contributed by atoms with Crippen LogP contribution in [0.15, 0.2) is 24.3 Å². The summed E-state index contributed by atoms with van der Waals surface area (Å²) in [6, 6.07) is 9.20. The second-order valence-corrected chi connectivity index (χ2v) is 5.75. The van der Waals surface area contributed by atoms with E-state index in [4.69, 9.17) is 16.9 Å². The smallest absolute Gasteiger partial charge is 0.0956 e. The molecule has 2 nitrogen and oxygen atoms in total. The third-order valence-corrected chi connectivity index (χ3v) is 4.12. The van der Waals surface area contributed by atoms with Gasteiger partial charge < -0.3 is 5.11 Å². The van der Waals surface area contributed by atoms with Crippen molar-refractivity contribution in [3.05, 3.63) is 34.9 Å². The molecule has 0 radical (unpaired) electrons. The molecular weight excluding hydrogens is 266 g/mol. The zero-order valence-corrected chi connectivity index (χ0v) is 12.0. The molecule has 0 amide bonds. The van der Waals surface area contributed by atoms with Crippen LogP contribution in [0.25, 0.3) is 0 Å². The van der Waals surface area contributed by atoms with Crippen molar-refractivity contribution in [3.8, 4) is 6.07 Å². The highest BCUT2D eigenvalue weighted by molar-refractivity contribution is 7.99. The number of aliphatic hydroxyl groups excluding tert-OH is 1. The highest BCUT2D eigenvalue weighted by Gasteiger charge is 2.20. The molecule has 1 aromatic rings. The van der Waals surface area contributed by atoms with Gasteiger partial charge >= 0.3 is 0 Å². The molecule has 0 fully saturated rings. The van der Waals surface area contributed by atoms with Gasteiger partial charge in [0, 0.05) is 10.8 Å². The summed E-state index contributed by atoms with van der Waals surface area (Å²) >= 11 is 7.53. The quantitative estimate of drug-likeness (QED) is 0.768. The molecule has 2 unspecified atom stereocenters. The van der Waals surface area contributed by atoms with Crippen LogP contribution in [0.5, 0.6) is 0 Å². The summed E-state index contributed by atoms with van der Waals surface area (Å²) in [4.78, 5) is 0. The summed E-state index contributed by atoms with van der Waals surface area (Å²) in [7, 11) is 0. The van der Waals surface area contributed by atoms with Crippen LogP contribution in [0.3, 0.4) is 0 Å². The lowest BCUT2D eigenvalue weighted by molar-refractivity contribution is 0.144. The van der Waals surface area contributed by atoms with Gasteiger partial charge in [-0.25, -0.2) is 0 Å². The van der Waals surface area contributed by atoms with E-state index in [9.17, 15) is 5.11 Å². The van der Waals surface area contributed by atoms with Crippen molar-refractivity contribution in [3.63, 3.8) is 0 Å². The average molecular weight is 284 g/mol. The van der Waals surface area contributed by atoms with Crippen molar-refractivity contribution in [2.45, 2.75) is 25.9 Å². The minimum atomic E-state index is -0.735. The molecule has 0 aromatic heterocycles. The molecule has 0 spiro atoms. The largest absolute Gasteiger partial charge is 0.387 e. The first kappa shape index (κ1) is 15.4. The predicted molar refractivity (Wildman–Crippen MR) is 77.7 cm³/mol. The Labute approximate surface area is 118 Å². The Bertz CT molecular complexity index is 388. The van der Waals surface area contributed by atoms with E-state index in [-0.39, 0.29) is 5.92 Å². The average Bonchev–Trinajstić information content (AvgIpc) is 2.39. The van der Waals surface area contributed by atoms with Crippen molar-refractivity contribution in [2.75, 3.05) is 11.5 Å². The maximum Gasteiger partial charge on any atom is 0.0956 e. The van der Waals surface area contributed by atoms with E-state index in [0.29, 0.717) is 10.8 Å². The summed E-state index contributed by atoms with van der Waals surface area (Å²) in [6.07, 6.45) is 1.57. The standard InChI is InChI=1S/C14H18ClNOS/c1-2-3-8-18-10-12(9-16)14(17)11-4-6-13(15)7-5-11/h4-7,12,14,17H,2-3,8,10H2,1H3. The van der Waals surface area contributed by atoms with Gasteiger partial charge in [-0.3, -0.25) is 0 Å². The third-order valence-electron chi connectivity index (χ3n) is 2.70. The molecule has 1 N–H and O–H groups in total. The Morgan fingerprint density at radius 3 is 2.61 bits per heavy atom. The fourth-order valence-corrected chi connectivity index (χ4v) is 2.84. The van der Waals surface area contributed by atoms with E-state index in [1.54, 1.807) is 36.0 Å². The number of hydrogen-bond acceptors (Lipinski definition) is 3. The Balaban J connectivity index is 2.54. The van der Waals surface area contributed by atoms with Crippen LogP contribution in [0, 0.1) is 17.2 Å². The predicted octanol–water partition coefficient (Wildman–Crippen LogP) is 4.05. The van der Waals surface area contributed by atoms with E-state index in [0.717, 1.165) is 24.2 Å². The van der Waals surface area contributed by atoms with Crippen LogP contribution in [-0.4, -0.2) is 16.6 Å². The molecular formula is C14H18ClNOS. The van der Waals surface area contributed by atoms with Crippen molar-refractivity contribution in [2.24, 2.45) is 5.92 Å². The molecule has 1 rings (SSSR count). The third kappa shape index (κ3) is 4.89. The Hall–Kier alpha value is -0.690. The maximum absolute atomic E-state index is 10.1. The van der Waals surface area contributed by atoms with E-state index < -0.39 is 6.10 Å². The highest BCUT2D eigenvalue weighted by Crippen LogP contribution is 2.26. The SMILES string of the molecule is CCCCSCC(C#N)C(O)c1ccc(Cl)cc1. The van der Waals surface area contributed by atoms with E-state index in [1.807, 2.05) is 0 Å². The minimum Gasteiger partial charge on any atom is -0.387 e. The lowest BCUT2D eigenvalue weighted by Gasteiger charge is -2.16. The zero-order valence-electron chi connectivity index (χ0n) is 10.5. The number of unbranched alkanes of at least 4 members (excludes halogenated alkanes) is 1. The Morgan fingerprint density at radius 2 is 2.06 bits per heavy atom. The Morgan fingerprint density at radius 1 is 1.39 bits per heavy atom. The molecule has 98 valence electrons. The van der Waals surface area contributed by atoms with Gasteiger partial charge in [0.05, 0.1) is 18.1 Å². The van der Waals surface area contributed by atoms with Crippen LogP contribution < -0.4 is 0 Å². The molecule has 4 heteroatoms. The van der Waals surface area contributed by atoms with Crippen LogP contribution in [-0.2, 0) is 0 Å². The normalized spacial score (nSPS) is 13.9.